The highest BCUT2D eigenvalue weighted by Gasteiger charge is 2.21. The Morgan fingerprint density at radius 1 is 0.722 bits per heavy atom. The minimum absolute atomic E-state index is 0.0304. The van der Waals surface area contributed by atoms with E-state index >= 15 is 0 Å². The number of fused-ring (bicyclic) bond motifs is 2. The van der Waals surface area contributed by atoms with Crippen LogP contribution in [0.5, 0.6) is 5.75 Å². The zero-order valence-electron chi connectivity index (χ0n) is 28.8. The lowest BCUT2D eigenvalue weighted by atomic mass is 10.0. The number of carbonyl (C=O) groups is 2. The molecule has 7 aromatic rings. The second-order valence-corrected chi connectivity index (χ2v) is 13.9. The van der Waals surface area contributed by atoms with Crippen LogP contribution in [0.2, 0.25) is 0 Å². The molecule has 0 saturated heterocycles. The molecule has 0 saturated carbocycles. The fourth-order valence-corrected chi connectivity index (χ4v) is 6.89. The highest BCUT2D eigenvalue weighted by molar-refractivity contribution is 7.99. The molecule has 0 spiro atoms. The third-order valence-electron chi connectivity index (χ3n) is 7.82. The topological polar surface area (TPSA) is 223 Å². The molecule has 4 heterocycles. The zero-order valence-corrected chi connectivity index (χ0v) is 30.4. The first-order valence-electron chi connectivity index (χ1n) is 16.1. The number of benzene rings is 3. The molecule has 270 valence electrons. The maximum absolute atomic E-state index is 11.9. The van der Waals surface area contributed by atoms with Gasteiger partial charge in [-0.1, -0.05) is 23.5 Å². The van der Waals surface area contributed by atoms with Gasteiger partial charge >= 0.3 is 5.97 Å². The van der Waals surface area contributed by atoms with Crippen molar-refractivity contribution in [1.29, 1.82) is 0 Å². The van der Waals surface area contributed by atoms with Crippen molar-refractivity contribution in [3.63, 3.8) is 0 Å². The molecular formula is C35H29N13O4S2. The summed E-state index contributed by atoms with van der Waals surface area (Å²) in [7, 11) is 3.73. The Hall–Kier alpha value is -6.60. The SMILES string of the molecule is CC(=O)N[C@@H](Cc1cc(N=Nc2ccc(Sc3ncnc4c3ncn4C)cc2)c(O)c(N=Nc2ccc(Sc3ncnc4c3ncn4C)cc2)c1)C(=O)O. The summed E-state index contributed by atoms with van der Waals surface area (Å²) >= 11 is 2.86. The van der Waals surface area contributed by atoms with E-state index in [2.05, 4.69) is 55.7 Å². The summed E-state index contributed by atoms with van der Waals surface area (Å²) in [6.07, 6.45) is 6.25. The third-order valence-corrected chi connectivity index (χ3v) is 9.82. The van der Waals surface area contributed by atoms with E-state index in [1.54, 1.807) is 36.9 Å². The number of carboxylic acids is 1. The lowest BCUT2D eigenvalue weighted by Gasteiger charge is -2.14. The van der Waals surface area contributed by atoms with Gasteiger partial charge in [-0.05, 0) is 66.2 Å². The first-order chi connectivity index (χ1) is 26.1. The first-order valence-corrected chi connectivity index (χ1v) is 17.7. The molecule has 0 aliphatic carbocycles. The molecule has 54 heavy (non-hydrogen) atoms. The predicted octanol–water partition coefficient (Wildman–Crippen LogP) is 7.01. The normalized spacial score (nSPS) is 12.3. The minimum Gasteiger partial charge on any atom is -0.504 e. The fraction of sp³-hybridized carbons (Fsp3) is 0.143. The number of aryl methyl sites for hydroxylation is 2. The lowest BCUT2D eigenvalue weighted by Crippen LogP contribution is -2.41. The monoisotopic (exact) mass is 759 g/mol. The van der Waals surface area contributed by atoms with E-state index in [0.29, 0.717) is 38.0 Å². The summed E-state index contributed by atoms with van der Waals surface area (Å²) in [6.45, 7) is 1.24. The molecule has 19 heteroatoms. The molecule has 1 amide bonds. The maximum Gasteiger partial charge on any atom is 0.326 e. The van der Waals surface area contributed by atoms with Crippen molar-refractivity contribution >= 4 is 80.5 Å². The van der Waals surface area contributed by atoms with Crippen LogP contribution in [0.4, 0.5) is 22.7 Å². The van der Waals surface area contributed by atoms with Gasteiger partial charge < -0.3 is 24.7 Å². The number of phenols is 1. The van der Waals surface area contributed by atoms with Crippen LogP contribution >= 0.6 is 23.5 Å². The highest BCUT2D eigenvalue weighted by Crippen LogP contribution is 2.40. The van der Waals surface area contributed by atoms with Gasteiger partial charge in [-0.2, -0.15) is 10.2 Å². The van der Waals surface area contributed by atoms with Gasteiger partial charge in [-0.3, -0.25) is 4.79 Å². The average molecular weight is 760 g/mol. The summed E-state index contributed by atoms with van der Waals surface area (Å²) in [5.74, 6) is -2.04. The number of carboxylic acid groups (broad SMARTS) is 1. The highest BCUT2D eigenvalue weighted by atomic mass is 32.2. The van der Waals surface area contributed by atoms with Crippen molar-refractivity contribution < 1.29 is 19.8 Å². The van der Waals surface area contributed by atoms with E-state index in [0.717, 1.165) is 21.1 Å². The number of hydrogen-bond donors (Lipinski definition) is 3. The van der Waals surface area contributed by atoms with Crippen LogP contribution in [-0.2, 0) is 30.1 Å². The Bertz CT molecular complexity index is 2410. The van der Waals surface area contributed by atoms with Crippen molar-refractivity contribution in [2.45, 2.75) is 39.2 Å². The van der Waals surface area contributed by atoms with Crippen molar-refractivity contribution in [3.8, 4) is 5.75 Å². The summed E-state index contributed by atoms with van der Waals surface area (Å²) in [5, 5.41) is 42.0. The third kappa shape index (κ3) is 8.06. The molecule has 3 aromatic carbocycles. The van der Waals surface area contributed by atoms with E-state index in [1.807, 2.05) is 47.5 Å². The second kappa shape index (κ2) is 15.6. The van der Waals surface area contributed by atoms with Crippen molar-refractivity contribution in [2.24, 2.45) is 34.6 Å². The van der Waals surface area contributed by atoms with Crippen LogP contribution in [0.15, 0.2) is 126 Å². The van der Waals surface area contributed by atoms with Crippen LogP contribution in [0.1, 0.15) is 12.5 Å². The molecule has 3 N–H and O–H groups in total. The zero-order chi connectivity index (χ0) is 37.8. The predicted molar refractivity (Wildman–Crippen MR) is 199 cm³/mol. The van der Waals surface area contributed by atoms with Gasteiger partial charge in [0.05, 0.1) is 24.0 Å². The number of carbonyl (C=O) groups excluding carboxylic acids is 1. The van der Waals surface area contributed by atoms with Crippen LogP contribution < -0.4 is 5.32 Å². The number of aromatic nitrogens is 8. The Balaban J connectivity index is 1.12. The Morgan fingerprint density at radius 3 is 1.61 bits per heavy atom. The van der Waals surface area contributed by atoms with Gasteiger partial charge in [-0.15, -0.1) is 10.2 Å². The average Bonchev–Trinajstić information content (AvgIpc) is 3.74. The molecule has 1 atom stereocenters. The second-order valence-electron chi connectivity index (χ2n) is 11.8. The van der Waals surface area contributed by atoms with Gasteiger partial charge in [0, 0.05) is 37.2 Å². The maximum atomic E-state index is 11.9. The van der Waals surface area contributed by atoms with Gasteiger partial charge in [0.15, 0.2) is 17.0 Å². The van der Waals surface area contributed by atoms with Crippen LogP contribution in [0, 0.1) is 0 Å². The number of imidazole rings is 2. The van der Waals surface area contributed by atoms with Crippen molar-refractivity contribution in [2.75, 3.05) is 0 Å². The van der Waals surface area contributed by atoms with E-state index in [4.69, 9.17) is 0 Å². The van der Waals surface area contributed by atoms with E-state index in [-0.39, 0.29) is 23.5 Å². The Kier molecular flexibility index (Phi) is 10.3. The van der Waals surface area contributed by atoms with Gasteiger partial charge in [-0.25, -0.2) is 34.7 Å². The molecule has 0 fully saturated rings. The van der Waals surface area contributed by atoms with Crippen LogP contribution in [-0.4, -0.2) is 67.2 Å². The number of amides is 1. The minimum atomic E-state index is -1.24. The van der Waals surface area contributed by atoms with Crippen LogP contribution in [0.3, 0.4) is 0 Å². The molecule has 0 aliphatic rings. The molecule has 7 rings (SSSR count). The largest absolute Gasteiger partial charge is 0.504 e. The molecular weight excluding hydrogens is 731 g/mol. The van der Waals surface area contributed by atoms with E-state index in [9.17, 15) is 19.8 Å². The summed E-state index contributed by atoms with van der Waals surface area (Å²) in [4.78, 5) is 51.5. The van der Waals surface area contributed by atoms with Crippen molar-refractivity contribution in [1.82, 2.24) is 44.4 Å². The molecule has 0 radical (unpaired) electrons. The fourth-order valence-electron chi connectivity index (χ4n) is 5.22. The number of hydrogen-bond acceptors (Lipinski definition) is 15. The molecule has 17 nitrogen and oxygen atoms in total. The quantitative estimate of drug-likeness (QED) is 0.0845. The lowest BCUT2D eigenvalue weighted by molar-refractivity contribution is -0.141. The number of azo groups is 2. The van der Waals surface area contributed by atoms with Gasteiger partial charge in [0.2, 0.25) is 5.91 Å². The van der Waals surface area contributed by atoms with E-state index in [1.165, 1.54) is 55.2 Å². The molecule has 0 bridgehead atoms. The van der Waals surface area contributed by atoms with E-state index < -0.39 is 17.9 Å². The summed E-state index contributed by atoms with van der Waals surface area (Å²) < 4.78 is 3.64. The van der Waals surface area contributed by atoms with Crippen LogP contribution in [0.25, 0.3) is 22.3 Å². The summed E-state index contributed by atoms with van der Waals surface area (Å²) in [6, 6.07) is 16.2. The summed E-state index contributed by atoms with van der Waals surface area (Å²) in [5.41, 5.74) is 4.31. The Morgan fingerprint density at radius 2 is 1.19 bits per heavy atom. The standard InChI is InChI=1S/C35H29N13O4S2/c1-19(49)42-27(35(51)52)14-20-12-25(45-43-21-4-8-23(9-5-21)53-33-28-31(36-15-38-33)47(2)17-40-28)30(50)26(13-20)46-44-22-6-10-24(11-7-22)54-34-29-32(37-16-39-34)48(3)18-41-29/h4-13,15-18,27,50H,14H2,1-3H3,(H,42,49)(H,51,52)/t27-/m0/s1. The van der Waals surface area contributed by atoms with Gasteiger partial charge in [0.1, 0.15) is 51.2 Å². The molecule has 4 aromatic heterocycles. The molecule has 0 aliphatic heterocycles. The number of phenolic OH excluding ortho intramolecular Hbond substituents is 1. The molecule has 0 unspecified atom stereocenters. The number of nitrogens with one attached hydrogen (secondary N) is 1. The van der Waals surface area contributed by atoms with Crippen molar-refractivity contribution in [3.05, 3.63) is 91.5 Å². The first kappa shape index (κ1) is 35.8. The number of aliphatic carboxylic acids is 1. The number of nitrogens with zero attached hydrogens (tertiary/aromatic N) is 12. The number of rotatable bonds is 12. The number of aromatic hydroxyl groups is 1. The smallest absolute Gasteiger partial charge is 0.326 e. The van der Waals surface area contributed by atoms with Gasteiger partial charge in [0.25, 0.3) is 0 Å². The Labute approximate surface area is 314 Å².